The Hall–Kier alpha value is -2.27. The smallest absolute Gasteiger partial charge is 0.268 e. The van der Waals surface area contributed by atoms with E-state index in [1.54, 1.807) is 12.3 Å². The highest BCUT2D eigenvalue weighted by atomic mass is 35.5. The molecule has 0 bridgehead atoms. The van der Waals surface area contributed by atoms with Crippen LogP contribution in [0.25, 0.3) is 11.0 Å². The average molecular weight is 303 g/mol. The number of imidazole rings is 1. The lowest BCUT2D eigenvalue weighted by atomic mass is 10.3. The standard InChI is InChI=1S/C15H15ClN4O/c1-2-20-9-10(16)7-13(20)15(21)17-8-14-18-11-5-3-4-6-12(11)19-14/h3-7,9H,2,8H2,1H3,(H,17,21)(H,18,19). The maximum Gasteiger partial charge on any atom is 0.268 e. The van der Waals surface area contributed by atoms with Gasteiger partial charge in [0.1, 0.15) is 11.5 Å². The van der Waals surface area contributed by atoms with Gasteiger partial charge in [-0.3, -0.25) is 4.79 Å². The number of hydrogen-bond donors (Lipinski definition) is 2. The average Bonchev–Trinajstić information content (AvgIpc) is 3.07. The molecule has 6 heteroatoms. The molecule has 3 aromatic rings. The summed E-state index contributed by atoms with van der Waals surface area (Å²) in [5.41, 5.74) is 2.40. The second-order valence-electron chi connectivity index (χ2n) is 4.71. The van der Waals surface area contributed by atoms with Gasteiger partial charge in [-0.25, -0.2) is 4.98 Å². The van der Waals surface area contributed by atoms with E-state index in [0.29, 0.717) is 23.8 Å². The Morgan fingerprint density at radius 2 is 2.24 bits per heavy atom. The zero-order valence-corrected chi connectivity index (χ0v) is 12.3. The number of carbonyl (C=O) groups excluding carboxylic acids is 1. The Kier molecular flexibility index (Phi) is 3.66. The number of halogens is 1. The van der Waals surface area contributed by atoms with Crippen molar-refractivity contribution in [2.24, 2.45) is 0 Å². The minimum absolute atomic E-state index is 0.163. The topological polar surface area (TPSA) is 62.7 Å². The molecule has 0 aliphatic rings. The monoisotopic (exact) mass is 302 g/mol. The number of benzene rings is 1. The first kappa shape index (κ1) is 13.7. The van der Waals surface area contributed by atoms with Gasteiger partial charge in [0.05, 0.1) is 22.6 Å². The number of aromatic nitrogens is 3. The fourth-order valence-corrected chi connectivity index (χ4v) is 2.49. The summed E-state index contributed by atoms with van der Waals surface area (Å²) in [7, 11) is 0. The van der Waals surface area contributed by atoms with Gasteiger partial charge in [-0.15, -0.1) is 0 Å². The number of rotatable bonds is 4. The van der Waals surface area contributed by atoms with Gasteiger partial charge >= 0.3 is 0 Å². The largest absolute Gasteiger partial charge is 0.344 e. The predicted molar refractivity (Wildman–Crippen MR) is 82.4 cm³/mol. The highest BCUT2D eigenvalue weighted by Gasteiger charge is 2.12. The number of aromatic amines is 1. The van der Waals surface area contributed by atoms with E-state index in [9.17, 15) is 4.79 Å². The van der Waals surface area contributed by atoms with Crippen molar-refractivity contribution in [1.29, 1.82) is 0 Å². The lowest BCUT2D eigenvalue weighted by molar-refractivity contribution is 0.0941. The molecule has 21 heavy (non-hydrogen) atoms. The van der Waals surface area contributed by atoms with E-state index in [0.717, 1.165) is 16.9 Å². The molecule has 2 N–H and O–H groups in total. The van der Waals surface area contributed by atoms with Crippen LogP contribution in [-0.2, 0) is 13.1 Å². The third-order valence-electron chi connectivity index (χ3n) is 3.29. The molecular formula is C15H15ClN4O. The molecule has 0 aliphatic heterocycles. The van der Waals surface area contributed by atoms with Crippen LogP contribution in [0.2, 0.25) is 5.02 Å². The van der Waals surface area contributed by atoms with E-state index in [4.69, 9.17) is 11.6 Å². The lowest BCUT2D eigenvalue weighted by Crippen LogP contribution is -2.25. The molecule has 0 saturated heterocycles. The summed E-state index contributed by atoms with van der Waals surface area (Å²) in [6.45, 7) is 3.01. The molecule has 0 unspecified atom stereocenters. The van der Waals surface area contributed by atoms with Crippen LogP contribution in [0.4, 0.5) is 0 Å². The Morgan fingerprint density at radius 3 is 3.00 bits per heavy atom. The van der Waals surface area contributed by atoms with Crippen molar-refractivity contribution >= 4 is 28.5 Å². The maximum atomic E-state index is 12.2. The number of para-hydroxylation sites is 2. The quantitative estimate of drug-likeness (QED) is 0.778. The third kappa shape index (κ3) is 2.78. The fraction of sp³-hybridized carbons (Fsp3) is 0.200. The number of aryl methyl sites for hydroxylation is 1. The molecule has 0 atom stereocenters. The zero-order chi connectivity index (χ0) is 14.8. The third-order valence-corrected chi connectivity index (χ3v) is 3.50. The van der Waals surface area contributed by atoms with Crippen molar-refractivity contribution in [3.8, 4) is 0 Å². The second-order valence-corrected chi connectivity index (χ2v) is 5.15. The number of H-pyrrole nitrogens is 1. The van der Waals surface area contributed by atoms with Crippen LogP contribution in [0.1, 0.15) is 23.2 Å². The van der Waals surface area contributed by atoms with Crippen molar-refractivity contribution in [3.63, 3.8) is 0 Å². The first-order valence-electron chi connectivity index (χ1n) is 6.75. The van der Waals surface area contributed by atoms with Gasteiger partial charge in [-0.1, -0.05) is 23.7 Å². The lowest BCUT2D eigenvalue weighted by Gasteiger charge is -2.06. The summed E-state index contributed by atoms with van der Waals surface area (Å²) in [4.78, 5) is 19.8. The molecular weight excluding hydrogens is 288 g/mol. The van der Waals surface area contributed by atoms with Gasteiger partial charge in [0.25, 0.3) is 5.91 Å². The molecule has 108 valence electrons. The molecule has 1 aromatic carbocycles. The van der Waals surface area contributed by atoms with Crippen LogP contribution in [0.15, 0.2) is 36.5 Å². The van der Waals surface area contributed by atoms with Crippen LogP contribution in [0, 0.1) is 0 Å². The van der Waals surface area contributed by atoms with Crippen LogP contribution in [0.3, 0.4) is 0 Å². The van der Waals surface area contributed by atoms with Gasteiger partial charge in [0.2, 0.25) is 0 Å². The normalized spacial score (nSPS) is 11.0. The first-order chi connectivity index (χ1) is 10.2. The van der Waals surface area contributed by atoms with E-state index in [-0.39, 0.29) is 5.91 Å². The Morgan fingerprint density at radius 1 is 1.43 bits per heavy atom. The highest BCUT2D eigenvalue weighted by Crippen LogP contribution is 2.14. The molecule has 2 aromatic heterocycles. The molecule has 0 saturated carbocycles. The fourth-order valence-electron chi connectivity index (χ4n) is 2.27. The molecule has 0 fully saturated rings. The molecule has 5 nitrogen and oxygen atoms in total. The van der Waals surface area contributed by atoms with E-state index >= 15 is 0 Å². The SMILES string of the molecule is CCn1cc(Cl)cc1C(=O)NCc1nc2ccccc2[nH]1. The second kappa shape index (κ2) is 5.61. The molecule has 0 radical (unpaired) electrons. The summed E-state index contributed by atoms with van der Waals surface area (Å²) in [6, 6.07) is 9.43. The summed E-state index contributed by atoms with van der Waals surface area (Å²) in [5.74, 6) is 0.564. The van der Waals surface area contributed by atoms with Gasteiger partial charge in [-0.05, 0) is 25.1 Å². The van der Waals surface area contributed by atoms with Crippen molar-refractivity contribution < 1.29 is 4.79 Å². The van der Waals surface area contributed by atoms with Crippen LogP contribution in [-0.4, -0.2) is 20.4 Å². The summed E-state index contributed by atoms with van der Waals surface area (Å²) >= 11 is 5.94. The van der Waals surface area contributed by atoms with Crippen molar-refractivity contribution in [2.45, 2.75) is 20.0 Å². The first-order valence-corrected chi connectivity index (χ1v) is 7.12. The van der Waals surface area contributed by atoms with Crippen molar-refractivity contribution in [3.05, 3.63) is 53.1 Å². The van der Waals surface area contributed by atoms with Crippen LogP contribution >= 0.6 is 11.6 Å². The Labute approximate surface area is 126 Å². The number of hydrogen-bond acceptors (Lipinski definition) is 2. The summed E-state index contributed by atoms with van der Waals surface area (Å²) < 4.78 is 1.82. The van der Waals surface area contributed by atoms with E-state index in [1.165, 1.54) is 0 Å². The number of amides is 1. The van der Waals surface area contributed by atoms with Gasteiger partial charge in [-0.2, -0.15) is 0 Å². The van der Waals surface area contributed by atoms with E-state index in [2.05, 4.69) is 15.3 Å². The minimum Gasteiger partial charge on any atom is -0.344 e. The molecule has 3 rings (SSSR count). The highest BCUT2D eigenvalue weighted by molar-refractivity contribution is 6.31. The molecule has 0 aliphatic carbocycles. The molecule has 0 spiro atoms. The molecule has 1 amide bonds. The number of carbonyl (C=O) groups is 1. The van der Waals surface area contributed by atoms with Crippen molar-refractivity contribution in [2.75, 3.05) is 0 Å². The summed E-state index contributed by atoms with van der Waals surface area (Å²) in [5, 5.41) is 3.41. The van der Waals surface area contributed by atoms with Crippen molar-refractivity contribution in [1.82, 2.24) is 19.9 Å². The van der Waals surface area contributed by atoms with Gasteiger partial charge < -0.3 is 14.9 Å². The number of nitrogens with one attached hydrogen (secondary N) is 2. The number of fused-ring (bicyclic) bond motifs is 1. The van der Waals surface area contributed by atoms with E-state index in [1.807, 2.05) is 35.8 Å². The van der Waals surface area contributed by atoms with Gasteiger partial charge in [0.15, 0.2) is 0 Å². The van der Waals surface area contributed by atoms with Crippen LogP contribution < -0.4 is 5.32 Å². The van der Waals surface area contributed by atoms with Gasteiger partial charge in [0, 0.05) is 12.7 Å². The maximum absolute atomic E-state index is 12.2. The summed E-state index contributed by atoms with van der Waals surface area (Å²) in [6.07, 6.45) is 1.75. The minimum atomic E-state index is -0.163. The zero-order valence-electron chi connectivity index (χ0n) is 11.6. The Balaban J connectivity index is 1.73. The van der Waals surface area contributed by atoms with E-state index < -0.39 is 0 Å². The van der Waals surface area contributed by atoms with Crippen LogP contribution in [0.5, 0.6) is 0 Å². The number of nitrogens with zero attached hydrogens (tertiary/aromatic N) is 2. The molecule has 2 heterocycles. The Bertz CT molecular complexity index is 757. The predicted octanol–water partition coefficient (Wildman–Crippen LogP) is 2.97.